The lowest BCUT2D eigenvalue weighted by Gasteiger charge is -2.41. The Morgan fingerprint density at radius 1 is 1.17 bits per heavy atom. The van der Waals surface area contributed by atoms with Gasteiger partial charge in [0.1, 0.15) is 11.9 Å². The van der Waals surface area contributed by atoms with Crippen molar-refractivity contribution in [1.82, 2.24) is 19.9 Å². The van der Waals surface area contributed by atoms with E-state index >= 15 is 0 Å². The number of rotatable bonds is 8. The molecule has 0 atom stereocenters. The van der Waals surface area contributed by atoms with Gasteiger partial charge in [-0.25, -0.2) is 4.98 Å². The molecule has 0 radical (unpaired) electrons. The Morgan fingerprint density at radius 3 is 2.67 bits per heavy atom. The third-order valence-corrected chi connectivity index (χ3v) is 4.80. The zero-order valence-electron chi connectivity index (χ0n) is 16.4. The Morgan fingerprint density at radius 2 is 1.93 bits per heavy atom. The fourth-order valence-electron chi connectivity index (χ4n) is 3.43. The molecule has 1 saturated heterocycles. The van der Waals surface area contributed by atoms with Crippen molar-refractivity contribution in [3.05, 3.63) is 48.3 Å². The highest BCUT2D eigenvalue weighted by molar-refractivity contribution is 5.56. The molecular weight excluding hydrogens is 399 g/mol. The molecule has 7 nitrogen and oxygen atoms in total. The maximum absolute atomic E-state index is 12.6. The van der Waals surface area contributed by atoms with E-state index in [4.69, 9.17) is 4.74 Å². The van der Waals surface area contributed by atoms with Crippen molar-refractivity contribution in [3.63, 3.8) is 0 Å². The number of ether oxygens (including phenoxy) is 2. The third-order valence-electron chi connectivity index (χ3n) is 4.80. The van der Waals surface area contributed by atoms with Gasteiger partial charge in [-0.05, 0) is 31.6 Å². The lowest BCUT2D eigenvalue weighted by Crippen LogP contribution is -2.55. The number of hydrogen-bond donors (Lipinski definition) is 1. The highest BCUT2D eigenvalue weighted by Crippen LogP contribution is 2.34. The zero-order valence-corrected chi connectivity index (χ0v) is 16.4. The molecular formula is C20H22F3N5O2. The Bertz CT molecular complexity index is 1000. The molecule has 0 aliphatic carbocycles. The summed E-state index contributed by atoms with van der Waals surface area (Å²) in [5.74, 6) is 0.668. The second kappa shape index (κ2) is 8.39. The summed E-state index contributed by atoms with van der Waals surface area (Å²) in [7, 11) is 0. The van der Waals surface area contributed by atoms with Crippen LogP contribution < -0.4 is 19.7 Å². The van der Waals surface area contributed by atoms with Gasteiger partial charge in [-0.1, -0.05) is 19.1 Å². The highest BCUT2D eigenvalue weighted by Gasteiger charge is 2.35. The summed E-state index contributed by atoms with van der Waals surface area (Å²) in [5.41, 5.74) is 1.79. The fourth-order valence-corrected chi connectivity index (χ4v) is 3.43. The van der Waals surface area contributed by atoms with Gasteiger partial charge in [0, 0.05) is 17.8 Å². The van der Waals surface area contributed by atoms with Crippen LogP contribution >= 0.6 is 0 Å². The normalized spacial score (nSPS) is 14.7. The molecule has 0 bridgehead atoms. The standard InChI is InChI=1S/C20H22F3N5O2/c1-2-24-9-7-14-11-25-18-8-10-26-28(18)19(14)27-12-15(13-27)29-16-5-3-4-6-17(16)30-20(21,22)23/h3-6,8,10-11,15,24H,2,7,9,12-13H2,1H3. The first kappa shape index (κ1) is 20.3. The number of hydrogen-bond acceptors (Lipinski definition) is 6. The van der Waals surface area contributed by atoms with Crippen molar-refractivity contribution < 1.29 is 22.6 Å². The number of alkyl halides is 3. The monoisotopic (exact) mass is 421 g/mol. The number of fused-ring (bicyclic) bond motifs is 1. The van der Waals surface area contributed by atoms with Gasteiger partial charge in [-0.15, -0.1) is 13.2 Å². The van der Waals surface area contributed by atoms with Crippen LogP contribution in [-0.2, 0) is 6.42 Å². The smallest absolute Gasteiger partial charge is 0.483 e. The largest absolute Gasteiger partial charge is 0.573 e. The van der Waals surface area contributed by atoms with Crippen molar-refractivity contribution in [2.24, 2.45) is 0 Å². The lowest BCUT2D eigenvalue weighted by atomic mass is 10.1. The number of nitrogens with one attached hydrogen (secondary N) is 1. The first-order valence-electron chi connectivity index (χ1n) is 9.73. The van der Waals surface area contributed by atoms with E-state index in [2.05, 4.69) is 25.0 Å². The predicted octanol–water partition coefficient (Wildman–Crippen LogP) is 3.05. The fraction of sp³-hybridized carbons (Fsp3) is 0.400. The van der Waals surface area contributed by atoms with Gasteiger partial charge in [0.2, 0.25) is 0 Å². The minimum atomic E-state index is -4.77. The molecule has 0 unspecified atom stereocenters. The van der Waals surface area contributed by atoms with E-state index in [-0.39, 0.29) is 17.6 Å². The molecule has 0 spiro atoms. The molecule has 0 saturated carbocycles. The van der Waals surface area contributed by atoms with E-state index in [1.54, 1.807) is 16.8 Å². The summed E-state index contributed by atoms with van der Waals surface area (Å²) in [4.78, 5) is 6.54. The zero-order chi connectivity index (χ0) is 21.1. The van der Waals surface area contributed by atoms with Crippen LogP contribution in [0.3, 0.4) is 0 Å². The van der Waals surface area contributed by atoms with E-state index in [1.165, 1.54) is 18.2 Å². The summed E-state index contributed by atoms with van der Waals surface area (Å²) in [5, 5.41) is 7.68. The molecule has 3 aromatic rings. The Labute approximate surface area is 171 Å². The average Bonchev–Trinajstić information content (AvgIpc) is 3.14. The van der Waals surface area contributed by atoms with Crippen LogP contribution in [0.15, 0.2) is 42.7 Å². The summed E-state index contributed by atoms with van der Waals surface area (Å²) in [6.45, 7) is 4.79. The van der Waals surface area contributed by atoms with Crippen LogP contribution in [0.4, 0.5) is 19.0 Å². The molecule has 1 aliphatic heterocycles. The molecule has 1 aliphatic rings. The molecule has 10 heteroatoms. The maximum Gasteiger partial charge on any atom is 0.573 e. The molecule has 4 rings (SSSR count). The SMILES string of the molecule is CCNCCc1cnc2ccnn2c1N1CC(Oc2ccccc2OC(F)(F)F)C1. The van der Waals surface area contributed by atoms with Crippen molar-refractivity contribution in [3.8, 4) is 11.5 Å². The Hall–Kier alpha value is -3.01. The van der Waals surface area contributed by atoms with Gasteiger partial charge < -0.3 is 19.7 Å². The Kier molecular flexibility index (Phi) is 5.67. The molecule has 30 heavy (non-hydrogen) atoms. The van der Waals surface area contributed by atoms with Gasteiger partial charge in [0.15, 0.2) is 17.1 Å². The average molecular weight is 421 g/mol. The number of anilines is 1. The van der Waals surface area contributed by atoms with Crippen LogP contribution in [0.25, 0.3) is 5.65 Å². The first-order valence-corrected chi connectivity index (χ1v) is 9.73. The van der Waals surface area contributed by atoms with Crippen molar-refractivity contribution in [1.29, 1.82) is 0 Å². The van der Waals surface area contributed by atoms with E-state index in [0.29, 0.717) is 13.1 Å². The minimum absolute atomic E-state index is 0.0748. The number of likely N-dealkylation sites (N-methyl/N-ethyl adjacent to an activating group) is 1. The van der Waals surface area contributed by atoms with Crippen LogP contribution in [0.1, 0.15) is 12.5 Å². The van der Waals surface area contributed by atoms with Crippen LogP contribution in [0, 0.1) is 0 Å². The van der Waals surface area contributed by atoms with Crippen LogP contribution in [0.2, 0.25) is 0 Å². The van der Waals surface area contributed by atoms with Gasteiger partial charge in [-0.2, -0.15) is 9.61 Å². The molecule has 1 N–H and O–H groups in total. The predicted molar refractivity (Wildman–Crippen MR) is 105 cm³/mol. The molecule has 3 heterocycles. The molecule has 0 amide bonds. The molecule has 1 aromatic carbocycles. The number of aromatic nitrogens is 3. The second-order valence-corrected chi connectivity index (χ2v) is 6.95. The van der Waals surface area contributed by atoms with Gasteiger partial charge >= 0.3 is 6.36 Å². The van der Waals surface area contributed by atoms with Gasteiger partial charge in [0.05, 0.1) is 19.3 Å². The second-order valence-electron chi connectivity index (χ2n) is 6.95. The van der Waals surface area contributed by atoms with E-state index < -0.39 is 6.36 Å². The molecule has 2 aromatic heterocycles. The van der Waals surface area contributed by atoms with E-state index in [1.807, 2.05) is 19.2 Å². The highest BCUT2D eigenvalue weighted by atomic mass is 19.4. The summed E-state index contributed by atoms with van der Waals surface area (Å²) >= 11 is 0. The van der Waals surface area contributed by atoms with Crippen LogP contribution in [-0.4, -0.2) is 53.2 Å². The third kappa shape index (κ3) is 4.43. The summed E-state index contributed by atoms with van der Waals surface area (Å²) in [6.07, 6.45) is -0.697. The van der Waals surface area contributed by atoms with Crippen molar-refractivity contribution >= 4 is 11.5 Å². The van der Waals surface area contributed by atoms with E-state index in [0.717, 1.165) is 36.5 Å². The van der Waals surface area contributed by atoms with Gasteiger partial charge in [-0.3, -0.25) is 0 Å². The van der Waals surface area contributed by atoms with Crippen molar-refractivity contribution in [2.75, 3.05) is 31.1 Å². The van der Waals surface area contributed by atoms with E-state index in [9.17, 15) is 13.2 Å². The topological polar surface area (TPSA) is 63.9 Å². The summed E-state index contributed by atoms with van der Waals surface area (Å²) < 4.78 is 49.5. The quantitative estimate of drug-likeness (QED) is 0.564. The number of benzene rings is 1. The number of nitrogens with zero attached hydrogens (tertiary/aromatic N) is 4. The number of para-hydroxylation sites is 2. The number of halogens is 3. The summed E-state index contributed by atoms with van der Waals surface area (Å²) in [6, 6.07) is 7.64. The minimum Gasteiger partial charge on any atom is -0.483 e. The maximum atomic E-state index is 12.6. The Balaban J connectivity index is 1.48. The van der Waals surface area contributed by atoms with Crippen LogP contribution in [0.5, 0.6) is 11.5 Å². The van der Waals surface area contributed by atoms with Gasteiger partial charge in [0.25, 0.3) is 0 Å². The first-order chi connectivity index (χ1) is 14.4. The molecule has 1 fully saturated rings. The molecule has 160 valence electrons. The van der Waals surface area contributed by atoms with Crippen molar-refractivity contribution in [2.45, 2.75) is 25.8 Å². The lowest BCUT2D eigenvalue weighted by molar-refractivity contribution is -0.275.